The molecule has 0 aliphatic carbocycles. The Labute approximate surface area is 187 Å². The molecule has 0 bridgehead atoms. The molecule has 0 N–H and O–H groups in total. The lowest BCUT2D eigenvalue weighted by atomic mass is 10.1. The Bertz CT molecular complexity index is 1140. The van der Waals surface area contributed by atoms with Crippen molar-refractivity contribution in [3.05, 3.63) is 77.0 Å². The standard InChI is InChI=1S/C24H22F4N2O3/c25-18-5-3-17(4-6-18)21-16-30(19-7-9-20(10-8-19)33-24(26,27)28)23(31)15-22(21)32-14-13-29-11-1-2-12-29/h3-10,15-16H,1-2,11-14H2. The first kappa shape index (κ1) is 22.8. The third-order valence-corrected chi connectivity index (χ3v) is 5.38. The Kier molecular flexibility index (Phi) is 6.69. The molecule has 2 aromatic carbocycles. The maximum absolute atomic E-state index is 13.5. The zero-order chi connectivity index (χ0) is 23.4. The predicted octanol–water partition coefficient (Wildman–Crippen LogP) is 5.02. The van der Waals surface area contributed by atoms with Gasteiger partial charge < -0.3 is 9.47 Å². The number of rotatable bonds is 7. The van der Waals surface area contributed by atoms with Crippen LogP contribution in [0.4, 0.5) is 17.6 Å². The Morgan fingerprint density at radius 1 is 0.939 bits per heavy atom. The SMILES string of the molecule is O=c1cc(OCCN2CCCC2)c(-c2ccc(F)cc2)cn1-c1ccc(OC(F)(F)F)cc1. The molecule has 1 saturated heterocycles. The second kappa shape index (κ2) is 9.66. The summed E-state index contributed by atoms with van der Waals surface area (Å²) in [6, 6.07) is 12.1. The molecular weight excluding hydrogens is 440 g/mol. The molecule has 0 atom stereocenters. The van der Waals surface area contributed by atoms with Crippen molar-refractivity contribution in [2.75, 3.05) is 26.2 Å². The molecule has 0 radical (unpaired) electrons. The monoisotopic (exact) mass is 462 g/mol. The van der Waals surface area contributed by atoms with Crippen LogP contribution < -0.4 is 15.0 Å². The minimum absolute atomic E-state index is 0.349. The molecule has 1 aromatic heterocycles. The first-order valence-electron chi connectivity index (χ1n) is 10.5. The quantitative estimate of drug-likeness (QED) is 0.463. The van der Waals surface area contributed by atoms with Gasteiger partial charge in [0.05, 0.1) is 0 Å². The number of ether oxygens (including phenoxy) is 2. The molecular formula is C24H22F4N2O3. The van der Waals surface area contributed by atoms with Crippen molar-refractivity contribution in [2.24, 2.45) is 0 Å². The van der Waals surface area contributed by atoms with Gasteiger partial charge in [0, 0.05) is 30.1 Å². The molecule has 3 aromatic rings. The van der Waals surface area contributed by atoms with E-state index in [2.05, 4.69) is 9.64 Å². The van der Waals surface area contributed by atoms with E-state index in [-0.39, 0.29) is 5.75 Å². The summed E-state index contributed by atoms with van der Waals surface area (Å²) < 4.78 is 61.8. The lowest BCUT2D eigenvalue weighted by Gasteiger charge is -2.18. The number of benzene rings is 2. The number of halogens is 4. The highest BCUT2D eigenvalue weighted by molar-refractivity contribution is 5.70. The van der Waals surface area contributed by atoms with Crippen LogP contribution in [0.15, 0.2) is 65.6 Å². The number of alkyl halides is 3. The highest BCUT2D eigenvalue weighted by atomic mass is 19.4. The van der Waals surface area contributed by atoms with Crippen LogP contribution in [0.1, 0.15) is 12.8 Å². The molecule has 1 fully saturated rings. The average molecular weight is 462 g/mol. The molecule has 0 amide bonds. The van der Waals surface area contributed by atoms with E-state index in [0.717, 1.165) is 44.6 Å². The molecule has 33 heavy (non-hydrogen) atoms. The second-order valence-electron chi connectivity index (χ2n) is 7.71. The third kappa shape index (κ3) is 5.92. The maximum Gasteiger partial charge on any atom is 0.573 e. The van der Waals surface area contributed by atoms with Gasteiger partial charge >= 0.3 is 6.36 Å². The maximum atomic E-state index is 13.5. The summed E-state index contributed by atoms with van der Waals surface area (Å²) in [6.07, 6.45) is -0.949. The molecule has 4 rings (SSSR count). The summed E-state index contributed by atoms with van der Waals surface area (Å²) in [5.41, 5.74) is 1.13. The number of nitrogens with zero attached hydrogens (tertiary/aromatic N) is 2. The van der Waals surface area contributed by atoms with Gasteiger partial charge in [-0.15, -0.1) is 13.2 Å². The lowest BCUT2D eigenvalue weighted by Crippen LogP contribution is -2.25. The van der Waals surface area contributed by atoms with Crippen molar-refractivity contribution >= 4 is 0 Å². The smallest absolute Gasteiger partial charge is 0.491 e. The second-order valence-corrected chi connectivity index (χ2v) is 7.71. The third-order valence-electron chi connectivity index (χ3n) is 5.38. The predicted molar refractivity (Wildman–Crippen MR) is 115 cm³/mol. The highest BCUT2D eigenvalue weighted by Crippen LogP contribution is 2.30. The van der Waals surface area contributed by atoms with E-state index >= 15 is 0 Å². The average Bonchev–Trinajstić information content (AvgIpc) is 3.28. The number of aromatic nitrogens is 1. The van der Waals surface area contributed by atoms with Gasteiger partial charge in [-0.3, -0.25) is 14.3 Å². The van der Waals surface area contributed by atoms with Crippen LogP contribution in [0.5, 0.6) is 11.5 Å². The van der Waals surface area contributed by atoms with E-state index in [4.69, 9.17) is 4.74 Å². The number of hydrogen-bond acceptors (Lipinski definition) is 4. The molecule has 5 nitrogen and oxygen atoms in total. The molecule has 174 valence electrons. The number of likely N-dealkylation sites (tertiary alicyclic amines) is 1. The van der Waals surface area contributed by atoms with E-state index in [0.29, 0.717) is 29.2 Å². The van der Waals surface area contributed by atoms with Crippen LogP contribution in [-0.2, 0) is 0 Å². The van der Waals surface area contributed by atoms with Crippen molar-refractivity contribution in [2.45, 2.75) is 19.2 Å². The highest BCUT2D eigenvalue weighted by Gasteiger charge is 2.31. The molecule has 1 aliphatic heterocycles. The van der Waals surface area contributed by atoms with Gasteiger partial charge in [0.2, 0.25) is 0 Å². The first-order valence-corrected chi connectivity index (χ1v) is 10.5. The van der Waals surface area contributed by atoms with Crippen LogP contribution in [-0.4, -0.2) is 42.1 Å². The van der Waals surface area contributed by atoms with Gasteiger partial charge in [0.25, 0.3) is 5.56 Å². The summed E-state index contributed by atoms with van der Waals surface area (Å²) in [7, 11) is 0. The van der Waals surface area contributed by atoms with E-state index in [1.165, 1.54) is 34.9 Å². The van der Waals surface area contributed by atoms with Crippen molar-refractivity contribution in [3.63, 3.8) is 0 Å². The van der Waals surface area contributed by atoms with Crippen LogP contribution >= 0.6 is 0 Å². The van der Waals surface area contributed by atoms with Gasteiger partial charge in [-0.1, -0.05) is 12.1 Å². The Morgan fingerprint density at radius 3 is 2.24 bits per heavy atom. The zero-order valence-electron chi connectivity index (χ0n) is 17.6. The number of hydrogen-bond donors (Lipinski definition) is 0. The van der Waals surface area contributed by atoms with Crippen LogP contribution in [0.3, 0.4) is 0 Å². The van der Waals surface area contributed by atoms with Gasteiger partial charge in [-0.25, -0.2) is 4.39 Å². The minimum Gasteiger partial charge on any atom is -0.491 e. The molecule has 9 heteroatoms. The van der Waals surface area contributed by atoms with Gasteiger partial charge in [0.15, 0.2) is 0 Å². The van der Waals surface area contributed by atoms with Crippen molar-refractivity contribution < 1.29 is 27.0 Å². The van der Waals surface area contributed by atoms with Crippen LogP contribution in [0.25, 0.3) is 16.8 Å². The largest absolute Gasteiger partial charge is 0.573 e. The van der Waals surface area contributed by atoms with Crippen LogP contribution in [0, 0.1) is 5.82 Å². The molecule has 1 aliphatic rings. The summed E-state index contributed by atoms with van der Waals surface area (Å²) >= 11 is 0. The minimum atomic E-state index is -4.80. The van der Waals surface area contributed by atoms with Gasteiger partial charge in [-0.05, 0) is 67.9 Å². The van der Waals surface area contributed by atoms with Crippen molar-refractivity contribution in [3.8, 4) is 28.3 Å². The summed E-state index contributed by atoms with van der Waals surface area (Å²) in [6.45, 7) is 3.15. The lowest BCUT2D eigenvalue weighted by molar-refractivity contribution is -0.274. The Hall–Kier alpha value is -3.33. The summed E-state index contributed by atoms with van der Waals surface area (Å²) in [5, 5.41) is 0. The molecule has 0 unspecified atom stereocenters. The summed E-state index contributed by atoms with van der Waals surface area (Å²) in [4.78, 5) is 15.1. The Balaban J connectivity index is 1.64. The Morgan fingerprint density at radius 2 is 1.61 bits per heavy atom. The van der Waals surface area contributed by atoms with Gasteiger partial charge in [-0.2, -0.15) is 0 Å². The molecule has 2 heterocycles. The van der Waals surface area contributed by atoms with Crippen LogP contribution in [0.2, 0.25) is 0 Å². The summed E-state index contributed by atoms with van der Waals surface area (Å²) in [5.74, 6) is -0.428. The fourth-order valence-corrected chi connectivity index (χ4v) is 3.78. The van der Waals surface area contributed by atoms with E-state index in [1.807, 2.05) is 0 Å². The fourth-order valence-electron chi connectivity index (χ4n) is 3.78. The normalized spacial score (nSPS) is 14.4. The topological polar surface area (TPSA) is 43.7 Å². The first-order chi connectivity index (χ1) is 15.8. The molecule has 0 spiro atoms. The van der Waals surface area contributed by atoms with E-state index in [1.54, 1.807) is 18.3 Å². The van der Waals surface area contributed by atoms with Crippen molar-refractivity contribution in [1.82, 2.24) is 9.47 Å². The zero-order valence-corrected chi connectivity index (χ0v) is 17.6. The van der Waals surface area contributed by atoms with Gasteiger partial charge in [0.1, 0.15) is 23.9 Å². The molecule has 0 saturated carbocycles. The number of pyridine rings is 1. The van der Waals surface area contributed by atoms with E-state index in [9.17, 15) is 22.4 Å². The van der Waals surface area contributed by atoms with E-state index < -0.39 is 17.7 Å². The van der Waals surface area contributed by atoms with Crippen molar-refractivity contribution in [1.29, 1.82) is 0 Å². The fraction of sp³-hybridized carbons (Fsp3) is 0.292.